The van der Waals surface area contributed by atoms with Crippen molar-refractivity contribution in [3.05, 3.63) is 41.2 Å². The molecule has 3 rings (SSSR count). The van der Waals surface area contributed by atoms with Gasteiger partial charge < -0.3 is 9.64 Å². The largest absolute Gasteiger partial charge is 0.383 e. The number of tetrazole rings is 1. The van der Waals surface area contributed by atoms with Crippen molar-refractivity contribution in [1.82, 2.24) is 20.2 Å². The molecule has 1 fully saturated rings. The van der Waals surface area contributed by atoms with Crippen LogP contribution in [0, 0.1) is 11.3 Å². The molecule has 0 amide bonds. The minimum atomic E-state index is 0.0401. The maximum Gasteiger partial charge on any atom is 0.214 e. The lowest BCUT2D eigenvalue weighted by molar-refractivity contribution is -0.925. The molecule has 1 aliphatic heterocycles. The second-order valence-corrected chi connectivity index (χ2v) is 6.50. The van der Waals surface area contributed by atoms with E-state index in [9.17, 15) is 5.26 Å². The van der Waals surface area contributed by atoms with Crippen molar-refractivity contribution in [2.75, 3.05) is 26.8 Å². The van der Waals surface area contributed by atoms with Crippen LogP contribution < -0.4 is 4.90 Å². The van der Waals surface area contributed by atoms with E-state index < -0.39 is 0 Å². The number of likely N-dealkylation sites (tertiary alicyclic amines) is 1. The van der Waals surface area contributed by atoms with E-state index in [0.29, 0.717) is 18.7 Å². The van der Waals surface area contributed by atoms with Crippen LogP contribution in [0.25, 0.3) is 0 Å². The normalized spacial score (nSPS) is 17.0. The number of rotatable bonds is 6. The van der Waals surface area contributed by atoms with Gasteiger partial charge in [-0.3, -0.25) is 0 Å². The Balaban J connectivity index is 1.99. The summed E-state index contributed by atoms with van der Waals surface area (Å²) < 4.78 is 7.03. The summed E-state index contributed by atoms with van der Waals surface area (Å²) in [5.74, 6) is 0.851. The fraction of sp³-hybridized carbons (Fsp3) is 0.556. The standard InChI is InChI=1S/C18H24N6O/c1-25-12-11-24-18(20-21-22-24)17(23-9-4-2-3-5-10-23)16-8-6-7-15(13-16)14-19/h6-8,13,17H,2-5,9-12H2,1H3/p+1/t17-/m0/s1. The lowest BCUT2D eigenvalue weighted by Gasteiger charge is -2.27. The number of hydrogen-bond donors (Lipinski definition) is 1. The van der Waals surface area contributed by atoms with Gasteiger partial charge >= 0.3 is 0 Å². The average molecular weight is 341 g/mol. The highest BCUT2D eigenvalue weighted by Gasteiger charge is 2.32. The molecule has 1 N–H and O–H groups in total. The zero-order valence-corrected chi connectivity index (χ0v) is 14.7. The predicted molar refractivity (Wildman–Crippen MR) is 91.9 cm³/mol. The minimum Gasteiger partial charge on any atom is -0.383 e. The minimum absolute atomic E-state index is 0.0401. The molecule has 0 spiro atoms. The number of nitrogens with one attached hydrogen (secondary N) is 1. The Labute approximate surface area is 148 Å². The van der Waals surface area contributed by atoms with Gasteiger partial charge in [0, 0.05) is 12.7 Å². The van der Waals surface area contributed by atoms with Gasteiger partial charge in [-0.25, -0.2) is 4.68 Å². The average Bonchev–Trinajstić information content (AvgIpc) is 2.93. The van der Waals surface area contributed by atoms with Crippen LogP contribution in [0.3, 0.4) is 0 Å². The van der Waals surface area contributed by atoms with Crippen molar-refractivity contribution in [2.45, 2.75) is 38.3 Å². The van der Waals surface area contributed by atoms with Crippen molar-refractivity contribution < 1.29 is 9.64 Å². The first-order valence-electron chi connectivity index (χ1n) is 8.93. The zero-order valence-electron chi connectivity index (χ0n) is 14.7. The van der Waals surface area contributed by atoms with E-state index in [1.165, 1.54) is 30.6 Å². The highest BCUT2D eigenvalue weighted by Crippen LogP contribution is 2.19. The summed E-state index contributed by atoms with van der Waals surface area (Å²) in [6, 6.07) is 10.1. The Hall–Kier alpha value is -2.30. The lowest BCUT2D eigenvalue weighted by atomic mass is 10.0. The van der Waals surface area contributed by atoms with Gasteiger partial charge in [0.2, 0.25) is 5.82 Å². The number of nitriles is 1. The number of ether oxygens (including phenoxy) is 1. The van der Waals surface area contributed by atoms with Gasteiger partial charge in [0.05, 0.1) is 37.9 Å². The highest BCUT2D eigenvalue weighted by molar-refractivity contribution is 5.35. The Morgan fingerprint density at radius 2 is 2.08 bits per heavy atom. The topological polar surface area (TPSA) is 81.1 Å². The second-order valence-electron chi connectivity index (χ2n) is 6.50. The number of methoxy groups -OCH3 is 1. The van der Waals surface area contributed by atoms with Crippen molar-refractivity contribution in [3.63, 3.8) is 0 Å². The van der Waals surface area contributed by atoms with Crippen molar-refractivity contribution in [2.24, 2.45) is 0 Å². The van der Waals surface area contributed by atoms with E-state index >= 15 is 0 Å². The van der Waals surface area contributed by atoms with Crippen LogP contribution in [-0.2, 0) is 11.3 Å². The van der Waals surface area contributed by atoms with Crippen LogP contribution >= 0.6 is 0 Å². The maximum atomic E-state index is 9.28. The number of benzene rings is 1. The van der Waals surface area contributed by atoms with Gasteiger partial charge in [0.25, 0.3) is 0 Å². The van der Waals surface area contributed by atoms with Crippen LogP contribution in [0.2, 0.25) is 0 Å². The van der Waals surface area contributed by atoms with Crippen molar-refractivity contribution in [1.29, 1.82) is 5.26 Å². The Kier molecular flexibility index (Phi) is 6.09. The molecular formula is C18H25N6O+. The molecule has 0 radical (unpaired) electrons. The van der Waals surface area contributed by atoms with E-state index in [-0.39, 0.29) is 6.04 Å². The number of aromatic nitrogens is 4. The van der Waals surface area contributed by atoms with Gasteiger partial charge in [0.1, 0.15) is 0 Å². The molecule has 0 unspecified atom stereocenters. The molecule has 1 atom stereocenters. The van der Waals surface area contributed by atoms with Crippen LogP contribution in [-0.4, -0.2) is 47.0 Å². The second kappa shape index (κ2) is 8.70. The monoisotopic (exact) mass is 341 g/mol. The fourth-order valence-corrected chi connectivity index (χ4v) is 3.58. The third-order valence-electron chi connectivity index (χ3n) is 4.83. The molecule has 0 bridgehead atoms. The van der Waals surface area contributed by atoms with E-state index in [1.807, 2.05) is 22.9 Å². The molecular weight excluding hydrogens is 316 g/mol. The summed E-state index contributed by atoms with van der Waals surface area (Å²) >= 11 is 0. The molecule has 132 valence electrons. The quantitative estimate of drug-likeness (QED) is 0.838. The van der Waals surface area contributed by atoms with Gasteiger partial charge in [-0.2, -0.15) is 5.26 Å². The summed E-state index contributed by atoms with van der Waals surface area (Å²) in [5.41, 5.74) is 1.78. The van der Waals surface area contributed by atoms with E-state index in [0.717, 1.165) is 24.5 Å². The Bertz CT molecular complexity index is 714. The smallest absolute Gasteiger partial charge is 0.214 e. The van der Waals surface area contributed by atoms with E-state index in [4.69, 9.17) is 4.74 Å². The highest BCUT2D eigenvalue weighted by atomic mass is 16.5. The molecule has 1 aromatic heterocycles. The molecule has 1 aromatic carbocycles. The summed E-state index contributed by atoms with van der Waals surface area (Å²) in [4.78, 5) is 1.47. The van der Waals surface area contributed by atoms with Crippen LogP contribution in [0.15, 0.2) is 24.3 Å². The molecule has 7 nitrogen and oxygen atoms in total. The number of quaternary nitrogens is 1. The van der Waals surface area contributed by atoms with Crippen LogP contribution in [0.5, 0.6) is 0 Å². The van der Waals surface area contributed by atoms with Gasteiger partial charge in [-0.05, 0) is 48.2 Å². The molecule has 25 heavy (non-hydrogen) atoms. The molecule has 1 saturated heterocycles. The van der Waals surface area contributed by atoms with Crippen LogP contribution in [0.1, 0.15) is 48.7 Å². The third kappa shape index (κ3) is 4.21. The molecule has 2 aromatic rings. The van der Waals surface area contributed by atoms with Crippen molar-refractivity contribution >= 4 is 0 Å². The summed E-state index contributed by atoms with van der Waals surface area (Å²) in [6.45, 7) is 3.38. The third-order valence-corrected chi connectivity index (χ3v) is 4.83. The van der Waals surface area contributed by atoms with Gasteiger partial charge in [-0.15, -0.1) is 5.10 Å². The number of nitrogens with zero attached hydrogens (tertiary/aromatic N) is 5. The first-order chi connectivity index (χ1) is 12.3. The Morgan fingerprint density at radius 1 is 1.28 bits per heavy atom. The predicted octanol–water partition coefficient (Wildman–Crippen LogP) is 0.739. The summed E-state index contributed by atoms with van der Waals surface area (Å²) in [5, 5.41) is 21.7. The molecule has 0 saturated carbocycles. The van der Waals surface area contributed by atoms with Crippen molar-refractivity contribution in [3.8, 4) is 6.07 Å². The maximum absolute atomic E-state index is 9.28. The van der Waals surface area contributed by atoms with E-state index in [2.05, 4.69) is 27.7 Å². The Morgan fingerprint density at radius 3 is 2.80 bits per heavy atom. The molecule has 2 heterocycles. The fourth-order valence-electron chi connectivity index (χ4n) is 3.58. The summed E-state index contributed by atoms with van der Waals surface area (Å²) in [7, 11) is 1.68. The first kappa shape index (κ1) is 17.5. The SMILES string of the molecule is COCCn1nnnc1[C@H](c1cccc(C#N)c1)[NH+]1CCCCCC1. The lowest BCUT2D eigenvalue weighted by Crippen LogP contribution is -3.12. The molecule has 0 aliphatic carbocycles. The van der Waals surface area contributed by atoms with Gasteiger partial charge in [-0.1, -0.05) is 12.1 Å². The summed E-state index contributed by atoms with van der Waals surface area (Å²) in [6.07, 6.45) is 4.99. The first-order valence-corrected chi connectivity index (χ1v) is 8.93. The molecule has 1 aliphatic rings. The number of hydrogen-bond acceptors (Lipinski definition) is 5. The van der Waals surface area contributed by atoms with Gasteiger partial charge in [0.15, 0.2) is 6.04 Å². The van der Waals surface area contributed by atoms with E-state index in [1.54, 1.807) is 7.11 Å². The van der Waals surface area contributed by atoms with Crippen LogP contribution in [0.4, 0.5) is 0 Å². The molecule has 7 heteroatoms. The zero-order chi connectivity index (χ0) is 17.5.